The number of carbonyl (C=O) groups is 1. The highest BCUT2D eigenvalue weighted by Crippen LogP contribution is 2.19. The first-order valence-corrected chi connectivity index (χ1v) is 7.73. The lowest BCUT2D eigenvalue weighted by molar-refractivity contribution is 0.102. The number of amides is 1. The number of carbonyl (C=O) groups excluding carboxylic acids is 1. The van der Waals surface area contributed by atoms with Crippen LogP contribution in [0.15, 0.2) is 60.8 Å². The van der Waals surface area contributed by atoms with E-state index in [2.05, 4.69) is 25.8 Å². The molecule has 0 radical (unpaired) electrons. The summed E-state index contributed by atoms with van der Waals surface area (Å²) in [4.78, 5) is 17.0. The molecule has 0 bridgehead atoms. The monoisotopic (exact) mass is 330 g/mol. The Morgan fingerprint density at radius 2 is 1.96 bits per heavy atom. The highest BCUT2D eigenvalue weighted by Gasteiger charge is 2.11. The van der Waals surface area contributed by atoms with Crippen LogP contribution in [0.4, 0.5) is 5.69 Å². The summed E-state index contributed by atoms with van der Waals surface area (Å²) in [5, 5.41) is 15.2. The van der Waals surface area contributed by atoms with E-state index in [-0.39, 0.29) is 5.91 Å². The Balaban J connectivity index is 1.66. The number of hydrogen-bond acceptors (Lipinski definition) is 5. The van der Waals surface area contributed by atoms with Crippen LogP contribution in [0, 0.1) is 6.92 Å². The number of nitrogens with one attached hydrogen (secondary N) is 1. The number of pyridine rings is 1. The summed E-state index contributed by atoms with van der Waals surface area (Å²) < 4.78 is 1.61. The van der Waals surface area contributed by atoms with Gasteiger partial charge in [0, 0.05) is 22.8 Å². The Hall–Kier alpha value is -3.61. The summed E-state index contributed by atoms with van der Waals surface area (Å²) in [6, 6.07) is 16.6. The van der Waals surface area contributed by atoms with Crippen molar-refractivity contribution in [2.75, 3.05) is 5.32 Å². The Morgan fingerprint density at radius 1 is 1.08 bits per heavy atom. The average Bonchev–Trinajstić information content (AvgIpc) is 3.07. The van der Waals surface area contributed by atoms with Gasteiger partial charge in [0.2, 0.25) is 0 Å². The quantitative estimate of drug-likeness (QED) is 0.624. The third-order valence-corrected chi connectivity index (χ3v) is 3.86. The van der Waals surface area contributed by atoms with Crippen molar-refractivity contribution in [1.82, 2.24) is 25.2 Å². The van der Waals surface area contributed by atoms with Gasteiger partial charge < -0.3 is 5.32 Å². The molecule has 2 aromatic carbocycles. The van der Waals surface area contributed by atoms with E-state index < -0.39 is 0 Å². The van der Waals surface area contributed by atoms with Crippen LogP contribution in [0.25, 0.3) is 16.6 Å². The molecule has 122 valence electrons. The first-order chi connectivity index (χ1) is 12.2. The predicted molar refractivity (Wildman–Crippen MR) is 93.6 cm³/mol. The highest BCUT2D eigenvalue weighted by molar-refractivity contribution is 6.12. The lowest BCUT2D eigenvalue weighted by atomic mass is 10.1. The third-order valence-electron chi connectivity index (χ3n) is 3.86. The van der Waals surface area contributed by atoms with Crippen molar-refractivity contribution in [2.24, 2.45) is 0 Å². The van der Waals surface area contributed by atoms with Crippen molar-refractivity contribution in [3.8, 4) is 5.69 Å². The van der Waals surface area contributed by atoms with Crippen molar-refractivity contribution in [1.29, 1.82) is 0 Å². The topological polar surface area (TPSA) is 85.6 Å². The Labute approximate surface area is 143 Å². The fourth-order valence-corrected chi connectivity index (χ4v) is 2.69. The molecule has 25 heavy (non-hydrogen) atoms. The summed E-state index contributed by atoms with van der Waals surface area (Å²) in [5.41, 5.74) is 2.81. The number of tetrazole rings is 1. The predicted octanol–water partition coefficient (Wildman–Crippen LogP) is 2.77. The average molecular weight is 330 g/mol. The number of aromatic nitrogens is 5. The number of nitrogens with zero attached hydrogens (tertiary/aromatic N) is 5. The zero-order valence-corrected chi connectivity index (χ0v) is 13.4. The smallest absolute Gasteiger partial charge is 0.256 e. The van der Waals surface area contributed by atoms with E-state index in [0.29, 0.717) is 17.1 Å². The summed E-state index contributed by atoms with van der Waals surface area (Å²) in [7, 11) is 0. The van der Waals surface area contributed by atoms with Gasteiger partial charge >= 0.3 is 0 Å². The molecule has 0 atom stereocenters. The number of anilines is 1. The second-order valence-corrected chi connectivity index (χ2v) is 5.52. The van der Waals surface area contributed by atoms with Crippen LogP contribution < -0.4 is 5.32 Å². The van der Waals surface area contributed by atoms with Gasteiger partial charge in [0.1, 0.15) is 0 Å². The van der Waals surface area contributed by atoms with Gasteiger partial charge in [-0.05, 0) is 53.7 Å². The van der Waals surface area contributed by atoms with Crippen molar-refractivity contribution >= 4 is 22.5 Å². The van der Waals surface area contributed by atoms with Gasteiger partial charge in [0.05, 0.1) is 11.2 Å². The Bertz CT molecular complexity index is 1070. The molecule has 2 aromatic heterocycles. The van der Waals surface area contributed by atoms with Crippen LogP contribution in [0.2, 0.25) is 0 Å². The molecule has 0 fully saturated rings. The normalized spacial score (nSPS) is 10.8. The second-order valence-electron chi connectivity index (χ2n) is 5.52. The van der Waals surface area contributed by atoms with Gasteiger partial charge in [-0.2, -0.15) is 4.68 Å². The van der Waals surface area contributed by atoms with E-state index in [1.54, 1.807) is 16.9 Å². The number of benzene rings is 2. The first kappa shape index (κ1) is 14.9. The van der Waals surface area contributed by atoms with Crippen molar-refractivity contribution in [2.45, 2.75) is 6.92 Å². The van der Waals surface area contributed by atoms with Gasteiger partial charge in [0.15, 0.2) is 5.82 Å². The SMILES string of the molecule is Cc1nnnn1-c1cccc(NC(=O)c2cccc3ncccc23)c1. The minimum Gasteiger partial charge on any atom is -0.322 e. The second kappa shape index (κ2) is 6.12. The zero-order valence-electron chi connectivity index (χ0n) is 13.4. The van der Waals surface area contributed by atoms with Crippen molar-refractivity contribution in [3.05, 3.63) is 72.2 Å². The highest BCUT2D eigenvalue weighted by atomic mass is 16.1. The lowest BCUT2D eigenvalue weighted by Crippen LogP contribution is -2.13. The fraction of sp³-hybridized carbons (Fsp3) is 0.0556. The molecule has 0 spiro atoms. The summed E-state index contributed by atoms with van der Waals surface area (Å²) in [5.74, 6) is 0.479. The van der Waals surface area contributed by atoms with E-state index >= 15 is 0 Å². The van der Waals surface area contributed by atoms with E-state index in [0.717, 1.165) is 16.6 Å². The van der Waals surface area contributed by atoms with Crippen LogP contribution in [0.1, 0.15) is 16.2 Å². The molecule has 4 aromatic rings. The van der Waals surface area contributed by atoms with Crippen molar-refractivity contribution < 1.29 is 4.79 Å². The molecule has 2 heterocycles. The molecule has 0 aliphatic carbocycles. The minimum absolute atomic E-state index is 0.191. The zero-order chi connectivity index (χ0) is 17.2. The summed E-state index contributed by atoms with van der Waals surface area (Å²) >= 11 is 0. The molecular weight excluding hydrogens is 316 g/mol. The van der Waals surface area contributed by atoms with E-state index in [4.69, 9.17) is 0 Å². The van der Waals surface area contributed by atoms with Gasteiger partial charge in [-0.1, -0.05) is 18.2 Å². The number of rotatable bonds is 3. The largest absolute Gasteiger partial charge is 0.322 e. The Morgan fingerprint density at radius 3 is 2.80 bits per heavy atom. The van der Waals surface area contributed by atoms with Crippen LogP contribution in [0.3, 0.4) is 0 Å². The van der Waals surface area contributed by atoms with Gasteiger partial charge in [-0.15, -0.1) is 5.10 Å². The van der Waals surface area contributed by atoms with Crippen molar-refractivity contribution in [3.63, 3.8) is 0 Å². The molecule has 0 unspecified atom stereocenters. The van der Waals surface area contributed by atoms with E-state index in [9.17, 15) is 4.79 Å². The summed E-state index contributed by atoms with van der Waals surface area (Å²) in [6.07, 6.45) is 1.71. The van der Waals surface area contributed by atoms with Crippen LogP contribution in [0.5, 0.6) is 0 Å². The van der Waals surface area contributed by atoms with Crippen LogP contribution >= 0.6 is 0 Å². The van der Waals surface area contributed by atoms with Crippen LogP contribution in [-0.2, 0) is 0 Å². The minimum atomic E-state index is -0.191. The molecular formula is C18H14N6O. The van der Waals surface area contributed by atoms with Gasteiger partial charge in [-0.3, -0.25) is 9.78 Å². The first-order valence-electron chi connectivity index (χ1n) is 7.73. The summed E-state index contributed by atoms with van der Waals surface area (Å²) in [6.45, 7) is 1.81. The van der Waals surface area contributed by atoms with E-state index in [1.165, 1.54) is 0 Å². The molecule has 7 heteroatoms. The molecule has 7 nitrogen and oxygen atoms in total. The number of aryl methyl sites for hydroxylation is 1. The molecule has 0 saturated heterocycles. The molecule has 1 N–H and O–H groups in total. The number of hydrogen-bond donors (Lipinski definition) is 1. The molecule has 0 aliphatic rings. The number of fused-ring (bicyclic) bond motifs is 1. The van der Waals surface area contributed by atoms with E-state index in [1.807, 2.05) is 55.5 Å². The third kappa shape index (κ3) is 2.83. The molecule has 4 rings (SSSR count). The fourth-order valence-electron chi connectivity index (χ4n) is 2.69. The Kier molecular flexibility index (Phi) is 3.66. The lowest BCUT2D eigenvalue weighted by Gasteiger charge is -2.09. The maximum atomic E-state index is 12.7. The van der Waals surface area contributed by atoms with Gasteiger partial charge in [0.25, 0.3) is 5.91 Å². The molecule has 1 amide bonds. The van der Waals surface area contributed by atoms with Gasteiger partial charge in [-0.25, -0.2) is 0 Å². The maximum absolute atomic E-state index is 12.7. The van der Waals surface area contributed by atoms with Crippen LogP contribution in [-0.4, -0.2) is 31.1 Å². The molecule has 0 aliphatic heterocycles. The standard InChI is InChI=1S/C18H14N6O/c1-12-21-22-23-24(12)14-6-2-5-13(11-14)20-18(25)16-7-3-9-17-15(16)8-4-10-19-17/h2-11H,1H3,(H,20,25). The molecule has 0 saturated carbocycles. The maximum Gasteiger partial charge on any atom is 0.256 e.